The molecule has 0 radical (unpaired) electrons. The second-order valence-electron chi connectivity index (χ2n) is 7.24. The zero-order chi connectivity index (χ0) is 22.8. The van der Waals surface area contributed by atoms with E-state index in [0.717, 1.165) is 5.56 Å². The van der Waals surface area contributed by atoms with Crippen molar-refractivity contribution < 1.29 is 24.0 Å². The monoisotopic (exact) mass is 432 g/mol. The molecule has 3 aromatic rings. The SMILES string of the molecule is O=C1C(=O)N(Cc2ccccc2)C(c2ccccc2F)/C1=C(\O)c1ccc([N+](=O)[O-])cc1. The number of non-ortho nitro benzene ring substituents is 1. The number of hydrogen-bond acceptors (Lipinski definition) is 5. The topological polar surface area (TPSA) is 101 Å². The minimum atomic E-state index is -1.16. The first kappa shape index (κ1) is 20.9. The van der Waals surface area contributed by atoms with E-state index in [1.165, 1.54) is 47.4 Å². The molecule has 0 spiro atoms. The number of amides is 1. The van der Waals surface area contributed by atoms with E-state index in [-0.39, 0.29) is 28.9 Å². The number of carbonyl (C=O) groups excluding carboxylic acids is 2. The highest BCUT2D eigenvalue weighted by Gasteiger charge is 2.46. The summed E-state index contributed by atoms with van der Waals surface area (Å²) in [4.78, 5) is 37.4. The number of likely N-dealkylation sites (tertiary alicyclic amines) is 1. The zero-order valence-corrected chi connectivity index (χ0v) is 16.6. The molecule has 1 fully saturated rings. The van der Waals surface area contributed by atoms with Crippen LogP contribution in [0.1, 0.15) is 22.7 Å². The molecule has 1 heterocycles. The van der Waals surface area contributed by atoms with Crippen LogP contribution in [0.2, 0.25) is 0 Å². The molecule has 8 heteroatoms. The maximum absolute atomic E-state index is 14.8. The molecule has 3 aromatic carbocycles. The number of rotatable bonds is 5. The number of carbonyl (C=O) groups is 2. The normalized spacial score (nSPS) is 17.5. The number of nitrogens with zero attached hydrogens (tertiary/aromatic N) is 2. The van der Waals surface area contributed by atoms with Crippen LogP contribution in [0.15, 0.2) is 84.4 Å². The molecule has 1 saturated heterocycles. The average molecular weight is 432 g/mol. The van der Waals surface area contributed by atoms with Gasteiger partial charge in [-0.1, -0.05) is 48.5 Å². The van der Waals surface area contributed by atoms with E-state index in [1.807, 2.05) is 0 Å². The van der Waals surface area contributed by atoms with Crippen molar-refractivity contribution >= 4 is 23.1 Å². The van der Waals surface area contributed by atoms with E-state index in [9.17, 15) is 29.2 Å². The van der Waals surface area contributed by atoms with Crippen LogP contribution in [0.3, 0.4) is 0 Å². The summed E-state index contributed by atoms with van der Waals surface area (Å²) < 4.78 is 14.8. The molecule has 0 aromatic heterocycles. The van der Waals surface area contributed by atoms with Gasteiger partial charge in [0, 0.05) is 29.8 Å². The molecule has 7 nitrogen and oxygen atoms in total. The fraction of sp³-hybridized carbons (Fsp3) is 0.0833. The highest BCUT2D eigenvalue weighted by atomic mass is 19.1. The Kier molecular flexibility index (Phi) is 5.51. The predicted octanol–water partition coefficient (Wildman–Crippen LogP) is 4.36. The number of aliphatic hydroxyl groups excluding tert-OH is 1. The number of ketones is 1. The lowest BCUT2D eigenvalue weighted by Gasteiger charge is -2.25. The van der Waals surface area contributed by atoms with E-state index in [1.54, 1.807) is 36.4 Å². The zero-order valence-electron chi connectivity index (χ0n) is 16.6. The van der Waals surface area contributed by atoms with E-state index < -0.39 is 34.2 Å². The van der Waals surface area contributed by atoms with E-state index >= 15 is 0 Å². The molecule has 160 valence electrons. The van der Waals surface area contributed by atoms with Crippen LogP contribution in [0, 0.1) is 15.9 Å². The molecule has 1 amide bonds. The summed E-state index contributed by atoms with van der Waals surface area (Å²) in [6.07, 6.45) is 0. The Labute approximate surface area is 182 Å². The largest absolute Gasteiger partial charge is 0.507 e. The van der Waals surface area contributed by atoms with Crippen LogP contribution in [-0.2, 0) is 16.1 Å². The fourth-order valence-corrected chi connectivity index (χ4v) is 3.74. The van der Waals surface area contributed by atoms with Gasteiger partial charge in [0.25, 0.3) is 17.4 Å². The average Bonchev–Trinajstić information content (AvgIpc) is 3.04. The Bertz CT molecular complexity index is 1240. The Morgan fingerprint density at radius 1 is 0.969 bits per heavy atom. The molecule has 32 heavy (non-hydrogen) atoms. The summed E-state index contributed by atoms with van der Waals surface area (Å²) in [6.45, 7) is 0.0292. The van der Waals surface area contributed by atoms with Crippen LogP contribution < -0.4 is 0 Å². The number of halogens is 1. The first-order valence-electron chi connectivity index (χ1n) is 9.70. The smallest absolute Gasteiger partial charge is 0.295 e. The summed E-state index contributed by atoms with van der Waals surface area (Å²) in [5, 5.41) is 21.8. The van der Waals surface area contributed by atoms with E-state index in [0.29, 0.717) is 0 Å². The Hall–Kier alpha value is -4.33. The molecule has 1 aliphatic rings. The van der Waals surface area contributed by atoms with Crippen molar-refractivity contribution in [3.05, 3.63) is 117 Å². The molecule has 0 bridgehead atoms. The summed E-state index contributed by atoms with van der Waals surface area (Å²) in [5.41, 5.74) is 0.424. The van der Waals surface area contributed by atoms with Crippen LogP contribution in [0.4, 0.5) is 10.1 Å². The van der Waals surface area contributed by atoms with Crippen LogP contribution >= 0.6 is 0 Å². The predicted molar refractivity (Wildman–Crippen MR) is 114 cm³/mol. The highest BCUT2D eigenvalue weighted by molar-refractivity contribution is 6.46. The highest BCUT2D eigenvalue weighted by Crippen LogP contribution is 2.41. The molecule has 1 atom stereocenters. The maximum Gasteiger partial charge on any atom is 0.295 e. The third-order valence-corrected chi connectivity index (χ3v) is 5.29. The first-order valence-corrected chi connectivity index (χ1v) is 9.70. The van der Waals surface area contributed by atoms with Gasteiger partial charge in [0.05, 0.1) is 16.5 Å². The van der Waals surface area contributed by atoms with Crippen molar-refractivity contribution in [2.24, 2.45) is 0 Å². The Morgan fingerprint density at radius 3 is 2.22 bits per heavy atom. The Balaban J connectivity index is 1.86. The van der Waals surface area contributed by atoms with Gasteiger partial charge >= 0.3 is 0 Å². The van der Waals surface area contributed by atoms with Crippen LogP contribution in [0.5, 0.6) is 0 Å². The van der Waals surface area contributed by atoms with Gasteiger partial charge < -0.3 is 10.0 Å². The number of nitro benzene ring substituents is 1. The van der Waals surface area contributed by atoms with Gasteiger partial charge in [-0.3, -0.25) is 19.7 Å². The molecule has 0 aliphatic carbocycles. The molecular formula is C24H17FN2O5. The summed E-state index contributed by atoms with van der Waals surface area (Å²) in [7, 11) is 0. The van der Waals surface area contributed by atoms with Crippen molar-refractivity contribution in [2.75, 3.05) is 0 Å². The van der Waals surface area contributed by atoms with Gasteiger partial charge in [-0.25, -0.2) is 4.39 Å². The standard InChI is InChI=1S/C24H17FN2O5/c25-19-9-5-4-8-18(19)21-20(22(28)16-10-12-17(13-11-16)27(31)32)23(29)24(30)26(21)14-15-6-2-1-3-7-15/h1-13,21,28H,14H2/b22-20+. The summed E-state index contributed by atoms with van der Waals surface area (Å²) in [6, 6.07) is 18.4. The van der Waals surface area contributed by atoms with Gasteiger partial charge in [0.1, 0.15) is 11.6 Å². The van der Waals surface area contributed by atoms with Gasteiger partial charge in [0.2, 0.25) is 0 Å². The second kappa shape index (κ2) is 8.43. The van der Waals surface area contributed by atoms with Crippen molar-refractivity contribution in [1.29, 1.82) is 0 Å². The lowest BCUT2D eigenvalue weighted by atomic mass is 9.94. The Morgan fingerprint density at radius 2 is 1.59 bits per heavy atom. The van der Waals surface area contributed by atoms with Gasteiger partial charge in [-0.2, -0.15) is 0 Å². The number of nitro groups is 1. The van der Waals surface area contributed by atoms with Gasteiger partial charge in [0.15, 0.2) is 0 Å². The first-order chi connectivity index (χ1) is 15.4. The fourth-order valence-electron chi connectivity index (χ4n) is 3.74. The minimum absolute atomic E-state index is 0.0292. The second-order valence-corrected chi connectivity index (χ2v) is 7.24. The third-order valence-electron chi connectivity index (χ3n) is 5.29. The molecular weight excluding hydrogens is 415 g/mol. The molecule has 1 unspecified atom stereocenters. The number of benzene rings is 3. The summed E-state index contributed by atoms with van der Waals surface area (Å²) >= 11 is 0. The van der Waals surface area contributed by atoms with Crippen LogP contribution in [-0.4, -0.2) is 26.6 Å². The van der Waals surface area contributed by atoms with Crippen molar-refractivity contribution in [3.8, 4) is 0 Å². The molecule has 0 saturated carbocycles. The van der Waals surface area contributed by atoms with Crippen molar-refractivity contribution in [3.63, 3.8) is 0 Å². The van der Waals surface area contributed by atoms with Gasteiger partial charge in [-0.15, -0.1) is 0 Å². The van der Waals surface area contributed by atoms with E-state index in [4.69, 9.17) is 0 Å². The van der Waals surface area contributed by atoms with E-state index in [2.05, 4.69) is 0 Å². The molecule has 1 N–H and O–H groups in total. The summed E-state index contributed by atoms with van der Waals surface area (Å²) in [5.74, 6) is -2.98. The molecule has 1 aliphatic heterocycles. The lowest BCUT2D eigenvalue weighted by Crippen LogP contribution is -2.29. The number of aliphatic hydroxyl groups is 1. The number of Topliss-reactive ketones (excluding diaryl/α,β-unsaturated/α-hetero) is 1. The lowest BCUT2D eigenvalue weighted by molar-refractivity contribution is -0.384. The van der Waals surface area contributed by atoms with Crippen molar-refractivity contribution in [2.45, 2.75) is 12.6 Å². The van der Waals surface area contributed by atoms with Gasteiger partial charge in [-0.05, 0) is 23.8 Å². The number of hydrogen-bond donors (Lipinski definition) is 1. The third kappa shape index (κ3) is 3.74. The van der Waals surface area contributed by atoms with Crippen LogP contribution in [0.25, 0.3) is 5.76 Å². The minimum Gasteiger partial charge on any atom is -0.507 e. The molecule has 4 rings (SSSR count). The quantitative estimate of drug-likeness (QED) is 0.212. The maximum atomic E-state index is 14.8. The van der Waals surface area contributed by atoms with Crippen molar-refractivity contribution in [1.82, 2.24) is 4.90 Å².